The van der Waals surface area contributed by atoms with Crippen molar-refractivity contribution in [2.24, 2.45) is 0 Å². The number of halogens is 3. The topological polar surface area (TPSA) is 44.8 Å². The van der Waals surface area contributed by atoms with Crippen molar-refractivity contribution in [2.45, 2.75) is 69.8 Å². The zero-order valence-corrected chi connectivity index (χ0v) is 17.4. The van der Waals surface area contributed by atoms with Gasteiger partial charge in [-0.1, -0.05) is 22.0 Å². The summed E-state index contributed by atoms with van der Waals surface area (Å²) in [6.07, 6.45) is 3.22. The largest absolute Gasteiger partial charge is 0.444 e. The molecule has 2 saturated heterocycles. The van der Waals surface area contributed by atoms with E-state index in [1.807, 2.05) is 24.1 Å². The molecule has 8 heteroatoms. The van der Waals surface area contributed by atoms with E-state index in [4.69, 9.17) is 4.74 Å². The molecule has 1 amide bonds. The predicted molar refractivity (Wildman–Crippen MR) is 99.1 cm³/mol. The minimum Gasteiger partial charge on any atom is -0.444 e. The molecule has 0 radical (unpaired) electrons. The van der Waals surface area contributed by atoms with Crippen LogP contribution in [0.1, 0.15) is 40.5 Å². The number of nitrogens with one attached hydrogen (secondary N) is 1. The first-order valence-electron chi connectivity index (χ1n) is 8.76. The SMILES string of the molecule is CN1C2=CC=C(Br)CC2(C)NC1C1CC(F)(F)CN1C(=O)OC(C)(C)C. The highest BCUT2D eigenvalue weighted by atomic mass is 79.9. The first kappa shape index (κ1) is 19.6. The minimum atomic E-state index is -2.92. The molecule has 2 aliphatic heterocycles. The fourth-order valence-electron chi connectivity index (χ4n) is 4.05. The van der Waals surface area contributed by atoms with Gasteiger partial charge in [0, 0.05) is 25.6 Å². The number of carbonyl (C=O) groups is 1. The van der Waals surface area contributed by atoms with Gasteiger partial charge >= 0.3 is 6.09 Å². The van der Waals surface area contributed by atoms with Gasteiger partial charge in [-0.05, 0) is 38.3 Å². The Morgan fingerprint density at radius 3 is 2.65 bits per heavy atom. The van der Waals surface area contributed by atoms with Crippen LogP contribution in [-0.2, 0) is 4.74 Å². The van der Waals surface area contributed by atoms with Gasteiger partial charge in [-0.3, -0.25) is 10.2 Å². The van der Waals surface area contributed by atoms with Crippen LogP contribution in [0.4, 0.5) is 13.6 Å². The predicted octanol–water partition coefficient (Wildman–Crippen LogP) is 3.82. The Morgan fingerprint density at radius 1 is 1.38 bits per heavy atom. The van der Waals surface area contributed by atoms with E-state index in [0.717, 1.165) is 16.6 Å². The molecule has 0 aromatic carbocycles. The lowest BCUT2D eigenvalue weighted by atomic mass is 9.91. The maximum atomic E-state index is 14.2. The number of fused-ring (bicyclic) bond motifs is 1. The van der Waals surface area contributed by atoms with Gasteiger partial charge in [0.1, 0.15) is 11.8 Å². The number of hydrogen-bond acceptors (Lipinski definition) is 4. The lowest BCUT2D eigenvalue weighted by Gasteiger charge is -2.34. The average Bonchev–Trinajstić information content (AvgIpc) is 2.90. The van der Waals surface area contributed by atoms with Crippen molar-refractivity contribution in [2.75, 3.05) is 13.6 Å². The summed E-state index contributed by atoms with van der Waals surface area (Å²) in [5.41, 5.74) is -0.0546. The van der Waals surface area contributed by atoms with Gasteiger partial charge in [-0.2, -0.15) is 0 Å². The van der Waals surface area contributed by atoms with Crippen molar-refractivity contribution in [1.29, 1.82) is 0 Å². The number of allylic oxidation sites excluding steroid dienone is 2. The number of alkyl halides is 2. The summed E-state index contributed by atoms with van der Waals surface area (Å²) in [4.78, 5) is 15.7. The third kappa shape index (κ3) is 3.63. The third-order valence-electron chi connectivity index (χ3n) is 5.08. The molecule has 5 nitrogen and oxygen atoms in total. The summed E-state index contributed by atoms with van der Waals surface area (Å²) in [5, 5.41) is 3.48. The molecule has 26 heavy (non-hydrogen) atoms. The second-order valence-electron chi connectivity index (χ2n) is 8.61. The van der Waals surface area contributed by atoms with Crippen molar-refractivity contribution < 1.29 is 18.3 Å². The Hall–Kier alpha value is -1.15. The number of likely N-dealkylation sites (tertiary alicyclic amines) is 1. The number of rotatable bonds is 1. The van der Waals surface area contributed by atoms with E-state index in [0.29, 0.717) is 0 Å². The third-order valence-corrected chi connectivity index (χ3v) is 5.62. The number of carbonyl (C=O) groups excluding carboxylic acids is 1. The Bertz CT molecular complexity index is 674. The van der Waals surface area contributed by atoms with Crippen LogP contribution in [0.15, 0.2) is 22.3 Å². The van der Waals surface area contributed by atoms with Crippen LogP contribution in [0.3, 0.4) is 0 Å². The van der Waals surface area contributed by atoms with E-state index in [9.17, 15) is 13.6 Å². The van der Waals surface area contributed by atoms with Crippen LogP contribution in [0, 0.1) is 0 Å². The standard InChI is InChI=1S/C18H26BrF2N3O2/c1-16(2,3)26-15(25)24-10-18(20,21)9-12(24)14-22-17(4)8-11(19)6-7-13(17)23(14)5/h6-7,12,14,22H,8-10H2,1-5H3. The molecule has 3 atom stereocenters. The Morgan fingerprint density at radius 2 is 2.04 bits per heavy atom. The highest BCUT2D eigenvalue weighted by molar-refractivity contribution is 9.11. The molecule has 2 heterocycles. The fourth-order valence-corrected chi connectivity index (χ4v) is 4.74. The average molecular weight is 434 g/mol. The summed E-state index contributed by atoms with van der Waals surface area (Å²) in [5.74, 6) is -2.92. The fraction of sp³-hybridized carbons (Fsp3) is 0.722. The van der Waals surface area contributed by atoms with Crippen LogP contribution in [0.25, 0.3) is 0 Å². The van der Waals surface area contributed by atoms with Crippen LogP contribution < -0.4 is 5.32 Å². The number of amides is 1. The van der Waals surface area contributed by atoms with Crippen molar-refractivity contribution >= 4 is 22.0 Å². The Balaban J connectivity index is 1.86. The van der Waals surface area contributed by atoms with E-state index in [1.54, 1.807) is 20.8 Å². The molecule has 3 unspecified atom stereocenters. The smallest absolute Gasteiger partial charge is 0.410 e. The summed E-state index contributed by atoms with van der Waals surface area (Å²) in [7, 11) is 1.88. The lowest BCUT2D eigenvalue weighted by Crippen LogP contribution is -2.54. The summed E-state index contributed by atoms with van der Waals surface area (Å²) in [6.45, 7) is 6.64. The summed E-state index contributed by atoms with van der Waals surface area (Å²) >= 11 is 3.52. The molecule has 3 aliphatic rings. The molecule has 1 aliphatic carbocycles. The quantitative estimate of drug-likeness (QED) is 0.682. The van der Waals surface area contributed by atoms with Crippen LogP contribution in [0.2, 0.25) is 0 Å². The Kier molecular flexibility index (Phi) is 4.67. The van der Waals surface area contributed by atoms with Gasteiger partial charge in [0.05, 0.1) is 18.1 Å². The van der Waals surface area contributed by atoms with E-state index in [1.165, 1.54) is 4.90 Å². The van der Waals surface area contributed by atoms with Gasteiger partial charge < -0.3 is 9.64 Å². The number of ether oxygens (including phenoxy) is 1. The molecule has 1 N–H and O–H groups in total. The first-order chi connectivity index (χ1) is 11.8. The zero-order valence-electron chi connectivity index (χ0n) is 15.8. The van der Waals surface area contributed by atoms with Gasteiger partial charge in [-0.25, -0.2) is 13.6 Å². The lowest BCUT2D eigenvalue weighted by molar-refractivity contribution is -0.00310. The summed E-state index contributed by atoms with van der Waals surface area (Å²) in [6, 6.07) is -0.674. The molecular weight excluding hydrogens is 408 g/mol. The first-order valence-corrected chi connectivity index (χ1v) is 9.55. The van der Waals surface area contributed by atoms with Crippen molar-refractivity contribution in [1.82, 2.24) is 15.1 Å². The van der Waals surface area contributed by atoms with Gasteiger partial charge in [0.15, 0.2) is 0 Å². The molecule has 2 fully saturated rings. The van der Waals surface area contributed by atoms with E-state index >= 15 is 0 Å². The van der Waals surface area contributed by atoms with Crippen LogP contribution >= 0.6 is 15.9 Å². The summed E-state index contributed by atoms with van der Waals surface area (Å²) < 4.78 is 34.9. The van der Waals surface area contributed by atoms with Gasteiger partial charge in [0.2, 0.25) is 0 Å². The second kappa shape index (κ2) is 6.19. The molecule has 0 aromatic heterocycles. The number of hydrogen-bond donors (Lipinski definition) is 1. The zero-order chi connectivity index (χ0) is 19.5. The normalized spacial score (nSPS) is 33.7. The molecule has 0 spiro atoms. The maximum Gasteiger partial charge on any atom is 0.410 e. The monoisotopic (exact) mass is 433 g/mol. The van der Waals surface area contributed by atoms with Crippen LogP contribution in [-0.4, -0.2) is 58.8 Å². The minimum absolute atomic E-state index is 0.357. The maximum absolute atomic E-state index is 14.2. The molecule has 0 aromatic rings. The van der Waals surface area contributed by atoms with Gasteiger partial charge in [0.25, 0.3) is 5.92 Å². The highest BCUT2D eigenvalue weighted by Gasteiger charge is 2.56. The highest BCUT2D eigenvalue weighted by Crippen LogP contribution is 2.43. The van der Waals surface area contributed by atoms with Crippen molar-refractivity contribution in [3.8, 4) is 0 Å². The number of likely N-dealkylation sites (N-methyl/N-ethyl adjacent to an activating group) is 1. The van der Waals surface area contributed by atoms with Crippen molar-refractivity contribution in [3.05, 3.63) is 22.3 Å². The van der Waals surface area contributed by atoms with Crippen molar-refractivity contribution in [3.63, 3.8) is 0 Å². The number of nitrogens with zero attached hydrogens (tertiary/aromatic N) is 2. The molecule has 3 rings (SSSR count). The second-order valence-corrected chi connectivity index (χ2v) is 9.63. The van der Waals surface area contributed by atoms with E-state index in [2.05, 4.69) is 28.2 Å². The van der Waals surface area contributed by atoms with Gasteiger partial charge in [-0.15, -0.1) is 0 Å². The molecule has 0 bridgehead atoms. The Labute approximate surface area is 161 Å². The molecule has 146 valence electrons. The van der Waals surface area contributed by atoms with E-state index in [-0.39, 0.29) is 12.0 Å². The van der Waals surface area contributed by atoms with Crippen LogP contribution in [0.5, 0.6) is 0 Å². The molecular formula is C18H26BrF2N3O2. The van der Waals surface area contributed by atoms with E-state index < -0.39 is 36.4 Å². The molecule has 0 saturated carbocycles.